The molecule has 1 heterocycles. The number of rotatable bonds is 3. The molecular weight excluding hydrogens is 220 g/mol. The van der Waals surface area contributed by atoms with E-state index in [4.69, 9.17) is 5.73 Å². The molecule has 2 heteroatoms. The van der Waals surface area contributed by atoms with Gasteiger partial charge in [-0.05, 0) is 57.2 Å². The van der Waals surface area contributed by atoms with Crippen LogP contribution in [0.25, 0.3) is 0 Å². The highest BCUT2D eigenvalue weighted by atomic mass is 15.1. The molecule has 2 N–H and O–H groups in total. The maximum absolute atomic E-state index is 6.36. The van der Waals surface area contributed by atoms with Crippen LogP contribution in [0.4, 0.5) is 5.69 Å². The minimum atomic E-state index is -0.109. The van der Waals surface area contributed by atoms with Crippen LogP contribution in [0.1, 0.15) is 45.1 Å². The highest BCUT2D eigenvalue weighted by Crippen LogP contribution is 2.54. The van der Waals surface area contributed by atoms with Gasteiger partial charge in [-0.25, -0.2) is 0 Å². The zero-order chi connectivity index (χ0) is 12.8. The second kappa shape index (κ2) is 3.99. The van der Waals surface area contributed by atoms with Crippen molar-refractivity contribution in [3.8, 4) is 0 Å². The summed E-state index contributed by atoms with van der Waals surface area (Å²) in [7, 11) is 0. The average molecular weight is 244 g/mol. The number of nitrogens with two attached hydrogens (primary N) is 1. The smallest absolute Gasteiger partial charge is 0.0366 e. The first-order valence-corrected chi connectivity index (χ1v) is 7.17. The molecule has 1 aliphatic carbocycles. The zero-order valence-corrected chi connectivity index (χ0v) is 11.6. The van der Waals surface area contributed by atoms with Crippen molar-refractivity contribution in [3.63, 3.8) is 0 Å². The fraction of sp³-hybridized carbons (Fsp3) is 0.625. The van der Waals surface area contributed by atoms with Gasteiger partial charge in [0.1, 0.15) is 0 Å². The van der Waals surface area contributed by atoms with E-state index >= 15 is 0 Å². The van der Waals surface area contributed by atoms with Crippen molar-refractivity contribution in [1.82, 2.24) is 0 Å². The molecule has 1 saturated heterocycles. The third-order valence-electron chi connectivity index (χ3n) is 4.87. The first kappa shape index (κ1) is 12.0. The van der Waals surface area contributed by atoms with Gasteiger partial charge in [0.2, 0.25) is 0 Å². The summed E-state index contributed by atoms with van der Waals surface area (Å²) in [4.78, 5) is 2.48. The van der Waals surface area contributed by atoms with Gasteiger partial charge in [0.15, 0.2) is 0 Å². The number of anilines is 1. The van der Waals surface area contributed by atoms with Crippen LogP contribution < -0.4 is 10.6 Å². The SMILES string of the molecule is CC(C)(N)C1(c2ccc(N3CCCC3)cc2)CC1. The van der Waals surface area contributed by atoms with E-state index in [-0.39, 0.29) is 11.0 Å². The third kappa shape index (κ3) is 1.83. The Labute approximate surface area is 110 Å². The van der Waals surface area contributed by atoms with E-state index in [9.17, 15) is 0 Å². The average Bonchev–Trinajstić information content (AvgIpc) is 2.99. The summed E-state index contributed by atoms with van der Waals surface area (Å²) in [6, 6.07) is 9.17. The Kier molecular flexibility index (Phi) is 2.67. The topological polar surface area (TPSA) is 29.3 Å². The van der Waals surface area contributed by atoms with Crippen LogP contribution in [0.15, 0.2) is 24.3 Å². The van der Waals surface area contributed by atoms with Gasteiger partial charge in [-0.3, -0.25) is 0 Å². The Morgan fingerprint density at radius 1 is 1.06 bits per heavy atom. The maximum atomic E-state index is 6.36. The summed E-state index contributed by atoms with van der Waals surface area (Å²) >= 11 is 0. The molecule has 0 unspecified atom stereocenters. The van der Waals surface area contributed by atoms with E-state index in [1.54, 1.807) is 0 Å². The monoisotopic (exact) mass is 244 g/mol. The first-order chi connectivity index (χ1) is 8.53. The van der Waals surface area contributed by atoms with Crippen LogP contribution in [-0.4, -0.2) is 18.6 Å². The zero-order valence-electron chi connectivity index (χ0n) is 11.6. The molecular formula is C16H24N2. The number of hydrogen-bond donors (Lipinski definition) is 1. The molecule has 1 aliphatic heterocycles. The molecule has 1 aromatic rings. The minimum absolute atomic E-state index is 0.109. The Hall–Kier alpha value is -1.02. The number of hydrogen-bond acceptors (Lipinski definition) is 2. The van der Waals surface area contributed by atoms with Gasteiger partial charge >= 0.3 is 0 Å². The summed E-state index contributed by atoms with van der Waals surface area (Å²) in [6.07, 6.45) is 5.14. The molecule has 2 nitrogen and oxygen atoms in total. The van der Waals surface area contributed by atoms with Gasteiger partial charge in [-0.15, -0.1) is 0 Å². The molecule has 2 aliphatic rings. The van der Waals surface area contributed by atoms with E-state index in [1.807, 2.05) is 0 Å². The predicted octanol–water partition coefficient (Wildman–Crippen LogP) is 3.06. The summed E-state index contributed by atoms with van der Waals surface area (Å²) in [5.74, 6) is 0. The van der Waals surface area contributed by atoms with Crippen molar-refractivity contribution in [3.05, 3.63) is 29.8 Å². The lowest BCUT2D eigenvalue weighted by atomic mass is 9.79. The molecule has 1 saturated carbocycles. The lowest BCUT2D eigenvalue weighted by molar-refractivity contribution is 0.391. The fourth-order valence-electron chi connectivity index (χ4n) is 3.40. The molecule has 3 rings (SSSR count). The highest BCUT2D eigenvalue weighted by Gasteiger charge is 2.53. The Balaban J connectivity index is 1.83. The Bertz CT molecular complexity index is 417. The number of benzene rings is 1. The van der Waals surface area contributed by atoms with Crippen molar-refractivity contribution >= 4 is 5.69 Å². The fourth-order valence-corrected chi connectivity index (χ4v) is 3.40. The lowest BCUT2D eigenvalue weighted by Crippen LogP contribution is -2.45. The number of nitrogens with zero attached hydrogens (tertiary/aromatic N) is 1. The van der Waals surface area contributed by atoms with Gasteiger partial charge < -0.3 is 10.6 Å². The van der Waals surface area contributed by atoms with Crippen molar-refractivity contribution in [2.75, 3.05) is 18.0 Å². The van der Waals surface area contributed by atoms with Gasteiger partial charge in [0.05, 0.1) is 0 Å². The van der Waals surface area contributed by atoms with Crippen molar-refractivity contribution in [2.45, 2.75) is 50.5 Å². The summed E-state index contributed by atoms with van der Waals surface area (Å²) < 4.78 is 0. The largest absolute Gasteiger partial charge is 0.372 e. The molecule has 0 atom stereocenters. The molecule has 98 valence electrons. The third-order valence-corrected chi connectivity index (χ3v) is 4.87. The van der Waals surface area contributed by atoms with E-state index in [0.29, 0.717) is 0 Å². The van der Waals surface area contributed by atoms with Crippen molar-refractivity contribution in [2.24, 2.45) is 5.73 Å². The van der Waals surface area contributed by atoms with E-state index in [0.717, 1.165) is 0 Å². The molecule has 2 fully saturated rings. The van der Waals surface area contributed by atoms with Crippen LogP contribution in [0.3, 0.4) is 0 Å². The van der Waals surface area contributed by atoms with E-state index in [2.05, 4.69) is 43.0 Å². The maximum Gasteiger partial charge on any atom is 0.0366 e. The Morgan fingerprint density at radius 2 is 1.61 bits per heavy atom. The molecule has 18 heavy (non-hydrogen) atoms. The lowest BCUT2D eigenvalue weighted by Gasteiger charge is -2.31. The van der Waals surface area contributed by atoms with E-state index in [1.165, 1.54) is 50.0 Å². The second-order valence-electron chi connectivity index (χ2n) is 6.54. The molecule has 0 amide bonds. The quantitative estimate of drug-likeness (QED) is 0.885. The summed E-state index contributed by atoms with van der Waals surface area (Å²) in [6.45, 7) is 6.75. The van der Waals surface area contributed by atoms with Gasteiger partial charge in [0.25, 0.3) is 0 Å². The first-order valence-electron chi connectivity index (χ1n) is 7.17. The van der Waals surface area contributed by atoms with E-state index < -0.39 is 0 Å². The van der Waals surface area contributed by atoms with Crippen molar-refractivity contribution in [1.29, 1.82) is 0 Å². The highest BCUT2D eigenvalue weighted by molar-refractivity contribution is 5.51. The van der Waals surface area contributed by atoms with Crippen LogP contribution in [0.2, 0.25) is 0 Å². The van der Waals surface area contributed by atoms with Gasteiger partial charge in [-0.2, -0.15) is 0 Å². The molecule has 0 bridgehead atoms. The molecule has 0 aromatic heterocycles. The normalized spacial score (nSPS) is 22.3. The van der Waals surface area contributed by atoms with Crippen LogP contribution >= 0.6 is 0 Å². The van der Waals surface area contributed by atoms with Crippen molar-refractivity contribution < 1.29 is 0 Å². The Morgan fingerprint density at radius 3 is 2.06 bits per heavy atom. The molecule has 1 aromatic carbocycles. The minimum Gasteiger partial charge on any atom is -0.372 e. The van der Waals surface area contributed by atoms with Crippen LogP contribution in [-0.2, 0) is 5.41 Å². The van der Waals surface area contributed by atoms with Crippen LogP contribution in [0, 0.1) is 0 Å². The standard InChI is InChI=1S/C16H24N2/c1-15(2,17)16(9-10-16)13-5-7-14(8-6-13)18-11-3-4-12-18/h5-8H,3-4,9-12,17H2,1-2H3. The van der Waals surface area contributed by atoms with Crippen LogP contribution in [0.5, 0.6) is 0 Å². The van der Waals surface area contributed by atoms with Gasteiger partial charge in [0, 0.05) is 29.7 Å². The molecule has 0 radical (unpaired) electrons. The van der Waals surface area contributed by atoms with Gasteiger partial charge in [-0.1, -0.05) is 12.1 Å². The second-order valence-corrected chi connectivity index (χ2v) is 6.54. The molecule has 0 spiro atoms. The predicted molar refractivity (Wildman–Crippen MR) is 77.1 cm³/mol. The summed E-state index contributed by atoms with van der Waals surface area (Å²) in [5, 5.41) is 0. The summed E-state index contributed by atoms with van der Waals surface area (Å²) in [5.41, 5.74) is 9.29.